The van der Waals surface area contributed by atoms with Crippen LogP contribution in [-0.2, 0) is 26.2 Å². The molecule has 0 spiro atoms. The Morgan fingerprint density at radius 1 is 0.974 bits per heavy atom. The number of sulfonamides is 1. The first-order valence-electron chi connectivity index (χ1n) is 12.5. The first kappa shape index (κ1) is 28.7. The molecule has 0 aliphatic rings. The van der Waals surface area contributed by atoms with Crippen LogP contribution in [0.1, 0.15) is 31.4 Å². The second-order valence-electron chi connectivity index (χ2n) is 9.00. The highest BCUT2D eigenvalue weighted by Crippen LogP contribution is 2.27. The van der Waals surface area contributed by atoms with E-state index in [0.29, 0.717) is 12.3 Å². The molecule has 8 nitrogen and oxygen atoms in total. The predicted octanol–water partition coefficient (Wildman–Crippen LogP) is 4.14. The maximum absolute atomic E-state index is 13.9. The average molecular weight is 538 g/mol. The summed E-state index contributed by atoms with van der Waals surface area (Å²) in [5.41, 5.74) is 2.13. The minimum Gasteiger partial charge on any atom is -0.497 e. The van der Waals surface area contributed by atoms with Gasteiger partial charge in [0.15, 0.2) is 0 Å². The van der Waals surface area contributed by atoms with Crippen molar-refractivity contribution in [2.75, 3.05) is 24.5 Å². The van der Waals surface area contributed by atoms with Crippen molar-refractivity contribution in [1.82, 2.24) is 10.2 Å². The Bertz CT molecular complexity index is 1350. The minimum absolute atomic E-state index is 0.0505. The third-order valence-electron chi connectivity index (χ3n) is 6.10. The van der Waals surface area contributed by atoms with Crippen LogP contribution in [0.15, 0.2) is 83.8 Å². The molecule has 3 aromatic carbocycles. The van der Waals surface area contributed by atoms with Crippen LogP contribution < -0.4 is 14.4 Å². The smallest absolute Gasteiger partial charge is 0.264 e. The number of anilines is 1. The van der Waals surface area contributed by atoms with Gasteiger partial charge in [0.2, 0.25) is 11.8 Å². The van der Waals surface area contributed by atoms with Gasteiger partial charge in [0.05, 0.1) is 17.7 Å². The number of rotatable bonds is 12. The van der Waals surface area contributed by atoms with Crippen LogP contribution in [0.3, 0.4) is 0 Å². The Morgan fingerprint density at radius 2 is 1.68 bits per heavy atom. The largest absolute Gasteiger partial charge is 0.497 e. The fourth-order valence-corrected chi connectivity index (χ4v) is 5.43. The normalized spacial score (nSPS) is 11.9. The lowest BCUT2D eigenvalue weighted by atomic mass is 10.1. The fourth-order valence-electron chi connectivity index (χ4n) is 4.00. The Morgan fingerprint density at radius 3 is 2.34 bits per heavy atom. The summed E-state index contributed by atoms with van der Waals surface area (Å²) in [7, 11) is -2.63. The van der Waals surface area contributed by atoms with E-state index in [9.17, 15) is 18.0 Å². The molecule has 2 amide bonds. The van der Waals surface area contributed by atoms with E-state index in [1.54, 1.807) is 49.4 Å². The molecule has 1 atom stereocenters. The van der Waals surface area contributed by atoms with Crippen molar-refractivity contribution in [3.05, 3.63) is 90.0 Å². The number of carbonyl (C=O) groups excluding carboxylic acids is 2. The van der Waals surface area contributed by atoms with Crippen LogP contribution in [0.5, 0.6) is 5.75 Å². The van der Waals surface area contributed by atoms with E-state index in [4.69, 9.17) is 4.74 Å². The predicted molar refractivity (Wildman–Crippen MR) is 148 cm³/mol. The van der Waals surface area contributed by atoms with Crippen molar-refractivity contribution < 1.29 is 22.7 Å². The third-order valence-corrected chi connectivity index (χ3v) is 7.89. The van der Waals surface area contributed by atoms with Crippen LogP contribution in [0.25, 0.3) is 0 Å². The van der Waals surface area contributed by atoms with Gasteiger partial charge in [-0.15, -0.1) is 0 Å². The summed E-state index contributed by atoms with van der Waals surface area (Å²) < 4.78 is 33.9. The van der Waals surface area contributed by atoms with Crippen LogP contribution in [-0.4, -0.2) is 51.4 Å². The van der Waals surface area contributed by atoms with E-state index in [-0.39, 0.29) is 23.0 Å². The molecular weight excluding hydrogens is 502 g/mol. The molecule has 0 saturated heterocycles. The molecule has 9 heteroatoms. The Labute approximate surface area is 225 Å². The lowest BCUT2D eigenvalue weighted by Gasteiger charge is -2.32. The molecule has 202 valence electrons. The summed E-state index contributed by atoms with van der Waals surface area (Å²) >= 11 is 0. The van der Waals surface area contributed by atoms with E-state index in [1.807, 2.05) is 38.1 Å². The number of hydrogen-bond acceptors (Lipinski definition) is 5. The Kier molecular flexibility index (Phi) is 9.90. The fraction of sp³-hybridized carbons (Fsp3) is 0.310. The van der Waals surface area contributed by atoms with Gasteiger partial charge in [-0.2, -0.15) is 0 Å². The summed E-state index contributed by atoms with van der Waals surface area (Å²) in [4.78, 5) is 28.3. The van der Waals surface area contributed by atoms with Gasteiger partial charge in [-0.1, -0.05) is 61.0 Å². The van der Waals surface area contributed by atoms with Crippen molar-refractivity contribution in [3.8, 4) is 5.75 Å². The van der Waals surface area contributed by atoms with Crippen LogP contribution in [0, 0.1) is 6.92 Å². The second-order valence-corrected chi connectivity index (χ2v) is 10.9. The molecular formula is C29H35N3O5S. The second kappa shape index (κ2) is 13.1. The number of amides is 2. The van der Waals surface area contributed by atoms with Crippen LogP contribution in [0.2, 0.25) is 0 Å². The van der Waals surface area contributed by atoms with Crippen molar-refractivity contribution in [3.63, 3.8) is 0 Å². The van der Waals surface area contributed by atoms with Gasteiger partial charge < -0.3 is 15.0 Å². The molecule has 38 heavy (non-hydrogen) atoms. The highest BCUT2D eigenvalue weighted by molar-refractivity contribution is 7.92. The summed E-state index contributed by atoms with van der Waals surface area (Å²) in [6, 6.07) is 21.3. The minimum atomic E-state index is -4.12. The molecule has 0 aromatic heterocycles. The van der Waals surface area contributed by atoms with Gasteiger partial charge in [-0.25, -0.2) is 8.42 Å². The first-order chi connectivity index (χ1) is 18.2. The van der Waals surface area contributed by atoms with Gasteiger partial charge in [-0.3, -0.25) is 13.9 Å². The molecule has 0 aliphatic carbocycles. The van der Waals surface area contributed by atoms with Crippen molar-refractivity contribution in [2.45, 2.75) is 44.7 Å². The topological polar surface area (TPSA) is 96.0 Å². The Hall–Kier alpha value is -3.85. The first-order valence-corrected chi connectivity index (χ1v) is 14.0. The van der Waals surface area contributed by atoms with E-state index >= 15 is 0 Å². The molecule has 0 aliphatic heterocycles. The molecule has 3 aromatic rings. The van der Waals surface area contributed by atoms with Gasteiger partial charge in [0, 0.05) is 19.2 Å². The van der Waals surface area contributed by atoms with Crippen LogP contribution >= 0.6 is 0 Å². The lowest BCUT2D eigenvalue weighted by molar-refractivity contribution is -0.139. The van der Waals surface area contributed by atoms with Gasteiger partial charge in [0.25, 0.3) is 10.0 Å². The third kappa shape index (κ3) is 7.13. The van der Waals surface area contributed by atoms with Gasteiger partial charge in [0.1, 0.15) is 18.3 Å². The molecule has 0 saturated carbocycles. The molecule has 0 heterocycles. The number of ether oxygens (including phenoxy) is 1. The monoisotopic (exact) mass is 537 g/mol. The van der Waals surface area contributed by atoms with Gasteiger partial charge >= 0.3 is 0 Å². The van der Waals surface area contributed by atoms with Crippen molar-refractivity contribution in [1.29, 1.82) is 0 Å². The Balaban J connectivity index is 2.03. The summed E-state index contributed by atoms with van der Waals surface area (Å²) in [5.74, 6) is -0.355. The number of benzene rings is 3. The zero-order chi connectivity index (χ0) is 27.7. The lowest BCUT2D eigenvalue weighted by Crippen LogP contribution is -2.51. The number of nitrogens with zero attached hydrogens (tertiary/aromatic N) is 2. The number of hydrogen-bond donors (Lipinski definition) is 1. The highest BCUT2D eigenvalue weighted by atomic mass is 32.2. The maximum atomic E-state index is 13.9. The number of aryl methyl sites for hydroxylation is 1. The molecule has 0 unspecified atom stereocenters. The average Bonchev–Trinajstić information content (AvgIpc) is 2.93. The molecule has 0 bridgehead atoms. The zero-order valence-corrected chi connectivity index (χ0v) is 23.1. The highest BCUT2D eigenvalue weighted by Gasteiger charge is 2.32. The number of methoxy groups -OCH3 is 1. The molecule has 1 N–H and O–H groups in total. The standard InChI is InChI=1S/C29H35N3O5S/c1-5-17-30-29(34)23(3)31(20-24-12-9-11-22(2)18-24)28(33)21-32(25-13-10-14-26(19-25)37-4)38(35,36)27-15-7-6-8-16-27/h6-16,18-19,23H,5,17,20-21H2,1-4H3,(H,30,34)/t23-/m0/s1. The quantitative estimate of drug-likeness (QED) is 0.375. The van der Waals surface area contributed by atoms with Crippen LogP contribution in [0.4, 0.5) is 5.69 Å². The number of carbonyl (C=O) groups is 2. The maximum Gasteiger partial charge on any atom is 0.264 e. The zero-order valence-electron chi connectivity index (χ0n) is 22.3. The SMILES string of the molecule is CCCNC(=O)[C@H](C)N(Cc1cccc(C)c1)C(=O)CN(c1cccc(OC)c1)S(=O)(=O)c1ccccc1. The summed E-state index contributed by atoms with van der Waals surface area (Å²) in [5, 5.41) is 2.84. The van der Waals surface area contributed by atoms with E-state index < -0.39 is 28.5 Å². The van der Waals surface area contributed by atoms with Crippen molar-refractivity contribution in [2.24, 2.45) is 0 Å². The summed E-state index contributed by atoms with van der Waals surface area (Å²) in [6.45, 7) is 5.68. The van der Waals surface area contributed by atoms with Crippen molar-refractivity contribution >= 4 is 27.5 Å². The van der Waals surface area contributed by atoms with E-state index in [0.717, 1.165) is 21.9 Å². The number of nitrogens with one attached hydrogen (secondary N) is 1. The molecule has 3 rings (SSSR count). The molecule has 0 radical (unpaired) electrons. The van der Waals surface area contributed by atoms with E-state index in [1.165, 1.54) is 24.1 Å². The molecule has 0 fully saturated rings. The van der Waals surface area contributed by atoms with E-state index in [2.05, 4.69) is 5.32 Å². The van der Waals surface area contributed by atoms with Gasteiger partial charge in [-0.05, 0) is 50.1 Å². The summed E-state index contributed by atoms with van der Waals surface area (Å²) in [6.07, 6.45) is 0.753.